The summed E-state index contributed by atoms with van der Waals surface area (Å²) in [6.45, 7) is 0. The largest absolute Gasteiger partial charge is 0.317 e. The molecule has 0 fully saturated rings. The molecule has 112 valence electrons. The van der Waals surface area contributed by atoms with Gasteiger partial charge >= 0.3 is 0 Å². The zero-order chi connectivity index (χ0) is 15.9. The first-order valence-electron chi connectivity index (χ1n) is 7.51. The first kappa shape index (κ1) is 14.8. The Morgan fingerprint density at radius 3 is 1.57 bits per heavy atom. The number of rotatable bonds is 5. The number of ketones is 1. The molecule has 0 radical (unpaired) electrons. The molecule has 3 rings (SSSR count). The number of hydrogen-bond acceptors (Lipinski definition) is 2. The van der Waals surface area contributed by atoms with Crippen LogP contribution in [0.25, 0.3) is 0 Å². The lowest BCUT2D eigenvalue weighted by Crippen LogP contribution is -2.09. The van der Waals surface area contributed by atoms with Crippen LogP contribution in [0, 0.1) is 0 Å². The fourth-order valence-electron chi connectivity index (χ4n) is 2.34. The second-order valence-electron chi connectivity index (χ2n) is 5.09. The molecular formula is C21H17NO. The van der Waals surface area contributed by atoms with E-state index in [-0.39, 0.29) is 5.78 Å². The lowest BCUT2D eigenvalue weighted by Gasteiger charge is -2.20. The topological polar surface area (TPSA) is 20.3 Å². The summed E-state index contributed by atoms with van der Waals surface area (Å²) in [5.41, 5.74) is 2.71. The predicted molar refractivity (Wildman–Crippen MR) is 94.9 cm³/mol. The highest BCUT2D eigenvalue weighted by Crippen LogP contribution is 2.25. The monoisotopic (exact) mass is 299 g/mol. The van der Waals surface area contributed by atoms with Crippen molar-refractivity contribution < 1.29 is 4.79 Å². The molecular weight excluding hydrogens is 282 g/mol. The van der Waals surface area contributed by atoms with Crippen molar-refractivity contribution in [1.29, 1.82) is 0 Å². The molecule has 0 unspecified atom stereocenters. The van der Waals surface area contributed by atoms with Gasteiger partial charge in [-0.1, -0.05) is 66.7 Å². The second kappa shape index (κ2) is 7.23. The maximum atomic E-state index is 12.3. The van der Waals surface area contributed by atoms with E-state index in [0.29, 0.717) is 5.56 Å². The molecule has 0 heterocycles. The third-order valence-corrected chi connectivity index (χ3v) is 3.50. The summed E-state index contributed by atoms with van der Waals surface area (Å²) < 4.78 is 0. The van der Waals surface area contributed by atoms with E-state index in [1.165, 1.54) is 0 Å². The zero-order valence-corrected chi connectivity index (χ0v) is 12.7. The summed E-state index contributed by atoms with van der Waals surface area (Å²) in [6.07, 6.45) is 3.43. The Morgan fingerprint density at radius 2 is 1.09 bits per heavy atom. The Kier molecular flexibility index (Phi) is 4.65. The minimum atomic E-state index is -0.0116. The molecule has 0 saturated heterocycles. The van der Waals surface area contributed by atoms with E-state index in [1.807, 2.05) is 102 Å². The Morgan fingerprint density at radius 1 is 0.652 bits per heavy atom. The molecule has 0 N–H and O–H groups in total. The van der Waals surface area contributed by atoms with Gasteiger partial charge in [0.15, 0.2) is 5.78 Å². The molecule has 0 bridgehead atoms. The van der Waals surface area contributed by atoms with E-state index in [2.05, 4.69) is 0 Å². The summed E-state index contributed by atoms with van der Waals surface area (Å²) in [5.74, 6) is -0.0116. The van der Waals surface area contributed by atoms with Gasteiger partial charge in [0.25, 0.3) is 0 Å². The normalized spacial score (nSPS) is 10.6. The summed E-state index contributed by atoms with van der Waals surface area (Å²) in [4.78, 5) is 14.3. The lowest BCUT2D eigenvalue weighted by atomic mass is 10.1. The highest BCUT2D eigenvalue weighted by atomic mass is 16.1. The van der Waals surface area contributed by atoms with Crippen molar-refractivity contribution in [3.63, 3.8) is 0 Å². The Bertz CT molecular complexity index is 740. The van der Waals surface area contributed by atoms with Gasteiger partial charge in [-0.25, -0.2) is 0 Å². The van der Waals surface area contributed by atoms with Crippen LogP contribution in [-0.2, 0) is 0 Å². The van der Waals surface area contributed by atoms with Crippen molar-refractivity contribution >= 4 is 17.2 Å². The van der Waals surface area contributed by atoms with Gasteiger partial charge < -0.3 is 4.90 Å². The maximum Gasteiger partial charge on any atom is 0.187 e. The average Bonchev–Trinajstić information content (AvgIpc) is 2.64. The first-order valence-corrected chi connectivity index (χ1v) is 7.51. The van der Waals surface area contributed by atoms with Gasteiger partial charge in [-0.05, 0) is 24.3 Å². The molecule has 2 nitrogen and oxygen atoms in total. The van der Waals surface area contributed by atoms with E-state index >= 15 is 0 Å². The fourth-order valence-corrected chi connectivity index (χ4v) is 2.34. The van der Waals surface area contributed by atoms with E-state index in [4.69, 9.17) is 0 Å². The number of carbonyl (C=O) groups excluding carboxylic acids is 1. The summed E-state index contributed by atoms with van der Waals surface area (Å²) in [7, 11) is 0. The van der Waals surface area contributed by atoms with E-state index in [1.54, 1.807) is 6.08 Å². The van der Waals surface area contributed by atoms with Crippen LogP contribution in [0.2, 0.25) is 0 Å². The number of allylic oxidation sites excluding steroid dienone is 1. The molecule has 0 aliphatic carbocycles. The van der Waals surface area contributed by atoms with Crippen molar-refractivity contribution in [3.8, 4) is 0 Å². The van der Waals surface area contributed by atoms with Crippen molar-refractivity contribution in [2.75, 3.05) is 4.90 Å². The van der Waals surface area contributed by atoms with Crippen molar-refractivity contribution in [3.05, 3.63) is 109 Å². The number of nitrogens with zero attached hydrogens (tertiary/aromatic N) is 1. The van der Waals surface area contributed by atoms with Gasteiger partial charge in [-0.2, -0.15) is 0 Å². The molecule has 2 heteroatoms. The third kappa shape index (κ3) is 3.74. The fraction of sp³-hybridized carbons (Fsp3) is 0. The minimum Gasteiger partial charge on any atom is -0.317 e. The van der Waals surface area contributed by atoms with Crippen LogP contribution in [0.1, 0.15) is 10.4 Å². The van der Waals surface area contributed by atoms with E-state index in [9.17, 15) is 4.79 Å². The molecule has 0 aliphatic heterocycles. The zero-order valence-electron chi connectivity index (χ0n) is 12.7. The van der Waals surface area contributed by atoms with E-state index in [0.717, 1.165) is 11.4 Å². The molecule has 0 atom stereocenters. The van der Waals surface area contributed by atoms with Crippen LogP contribution >= 0.6 is 0 Å². The highest BCUT2D eigenvalue weighted by Gasteiger charge is 2.06. The predicted octanol–water partition coefficient (Wildman–Crippen LogP) is 5.22. The minimum absolute atomic E-state index is 0.0116. The van der Waals surface area contributed by atoms with Crippen LogP contribution < -0.4 is 4.90 Å². The van der Waals surface area contributed by atoms with Crippen LogP contribution in [0.5, 0.6) is 0 Å². The van der Waals surface area contributed by atoms with Gasteiger partial charge in [-0.15, -0.1) is 0 Å². The SMILES string of the molecule is O=C(C=CN(c1ccccc1)c1ccccc1)c1ccccc1. The molecule has 0 aromatic heterocycles. The summed E-state index contributed by atoms with van der Waals surface area (Å²) >= 11 is 0. The number of benzene rings is 3. The van der Waals surface area contributed by atoms with Crippen LogP contribution in [0.3, 0.4) is 0 Å². The molecule has 0 spiro atoms. The number of carbonyl (C=O) groups is 1. The van der Waals surface area contributed by atoms with Gasteiger partial charge in [-0.3, -0.25) is 4.79 Å². The third-order valence-electron chi connectivity index (χ3n) is 3.50. The van der Waals surface area contributed by atoms with E-state index < -0.39 is 0 Å². The van der Waals surface area contributed by atoms with Crippen LogP contribution in [0.15, 0.2) is 103 Å². The summed E-state index contributed by atoms with van der Waals surface area (Å²) in [6, 6.07) is 29.2. The van der Waals surface area contributed by atoms with Crippen molar-refractivity contribution in [1.82, 2.24) is 0 Å². The Labute approximate surface area is 136 Å². The number of para-hydroxylation sites is 2. The molecule has 0 aliphatic rings. The molecule has 0 saturated carbocycles. The molecule has 23 heavy (non-hydrogen) atoms. The highest BCUT2D eigenvalue weighted by molar-refractivity contribution is 6.04. The Balaban J connectivity index is 1.91. The summed E-state index contributed by atoms with van der Waals surface area (Å²) in [5, 5.41) is 0. The van der Waals surface area contributed by atoms with Gasteiger partial charge in [0.05, 0.1) is 0 Å². The number of hydrogen-bond donors (Lipinski definition) is 0. The average molecular weight is 299 g/mol. The molecule has 3 aromatic rings. The molecule has 3 aromatic carbocycles. The number of anilines is 2. The van der Waals surface area contributed by atoms with Gasteiger partial charge in [0, 0.05) is 29.2 Å². The second-order valence-corrected chi connectivity index (χ2v) is 5.09. The molecule has 0 amide bonds. The van der Waals surface area contributed by atoms with Gasteiger partial charge in [0.1, 0.15) is 0 Å². The van der Waals surface area contributed by atoms with Gasteiger partial charge in [0.2, 0.25) is 0 Å². The van der Waals surface area contributed by atoms with Crippen molar-refractivity contribution in [2.24, 2.45) is 0 Å². The smallest absolute Gasteiger partial charge is 0.187 e. The quantitative estimate of drug-likeness (QED) is 0.475. The first-order chi connectivity index (χ1) is 11.3. The van der Waals surface area contributed by atoms with Crippen molar-refractivity contribution in [2.45, 2.75) is 0 Å². The lowest BCUT2D eigenvalue weighted by molar-refractivity contribution is 0.104. The standard InChI is InChI=1S/C21H17NO/c23-21(18-10-4-1-5-11-18)16-17-22(19-12-6-2-7-13-19)20-14-8-3-9-15-20/h1-17H. The Hall–Kier alpha value is -3.13. The maximum absolute atomic E-state index is 12.3. The van der Waals surface area contributed by atoms with Crippen LogP contribution in [-0.4, -0.2) is 5.78 Å². The van der Waals surface area contributed by atoms with Crippen LogP contribution in [0.4, 0.5) is 11.4 Å².